The van der Waals surface area contributed by atoms with E-state index in [1.807, 2.05) is 0 Å². The topological polar surface area (TPSA) is 3.24 Å². The van der Waals surface area contributed by atoms with Crippen LogP contribution >= 0.6 is 0 Å². The van der Waals surface area contributed by atoms with Crippen LogP contribution in [0.15, 0.2) is 0 Å². The van der Waals surface area contributed by atoms with Gasteiger partial charge in [-0.2, -0.15) is 0 Å². The van der Waals surface area contributed by atoms with Gasteiger partial charge in [0.1, 0.15) is 0 Å². The molecule has 0 aliphatic carbocycles. The molecule has 1 heterocycles. The zero-order chi connectivity index (χ0) is 7.56. The van der Waals surface area contributed by atoms with Crippen molar-refractivity contribution in [2.75, 3.05) is 7.05 Å². The molecule has 0 saturated carbocycles. The number of nitrogens with zero attached hydrogens (tertiary/aromatic N) is 1. The van der Waals surface area contributed by atoms with Gasteiger partial charge < -0.3 is 4.90 Å². The van der Waals surface area contributed by atoms with Gasteiger partial charge in [0.05, 0.1) is 0 Å². The van der Waals surface area contributed by atoms with Gasteiger partial charge in [0.2, 0.25) is 0 Å². The Kier molecular flexibility index (Phi) is 2.72. The van der Waals surface area contributed by atoms with Crippen LogP contribution in [0.5, 0.6) is 0 Å². The van der Waals surface area contributed by atoms with Gasteiger partial charge in [-0.15, -0.1) is 0 Å². The summed E-state index contributed by atoms with van der Waals surface area (Å²) in [6, 6.07) is 1.72. The van der Waals surface area contributed by atoms with Gasteiger partial charge in [0.25, 0.3) is 0 Å². The van der Waals surface area contributed by atoms with E-state index in [-0.39, 0.29) is 0 Å². The van der Waals surface area contributed by atoms with Gasteiger partial charge >= 0.3 is 0 Å². The Morgan fingerprint density at radius 1 is 1.40 bits per heavy atom. The van der Waals surface area contributed by atoms with Crippen molar-refractivity contribution in [1.82, 2.24) is 4.90 Å². The van der Waals surface area contributed by atoms with E-state index in [0.717, 1.165) is 12.1 Å². The third kappa shape index (κ3) is 1.51. The normalized spacial score (nSPS) is 35.1. The maximum atomic E-state index is 2.53. The largest absolute Gasteiger partial charge is 0.301 e. The number of hydrogen-bond acceptors (Lipinski definition) is 1. The molecule has 1 rings (SSSR count). The molecule has 0 amide bonds. The molecular formula is C9H19N. The van der Waals surface area contributed by atoms with Crippen LogP contribution in [-0.4, -0.2) is 24.0 Å². The predicted octanol–water partition coefficient (Wildman–Crippen LogP) is 2.27. The van der Waals surface area contributed by atoms with E-state index in [2.05, 4.69) is 25.8 Å². The van der Waals surface area contributed by atoms with Crippen LogP contribution in [0.25, 0.3) is 0 Å². The Morgan fingerprint density at radius 2 is 2.10 bits per heavy atom. The average Bonchev–Trinajstić information content (AvgIpc) is 2.20. The fraction of sp³-hybridized carbons (Fsp3) is 1.00. The number of hydrogen-bond donors (Lipinski definition) is 0. The summed E-state index contributed by atoms with van der Waals surface area (Å²) in [6.07, 6.45) is 5.55. The van der Waals surface area contributed by atoms with Gasteiger partial charge in [0, 0.05) is 12.1 Å². The van der Waals surface area contributed by atoms with E-state index in [1.54, 1.807) is 0 Å². The average molecular weight is 141 g/mol. The third-order valence-electron chi connectivity index (χ3n) is 2.81. The van der Waals surface area contributed by atoms with Gasteiger partial charge in [-0.1, -0.05) is 13.3 Å². The highest BCUT2D eigenvalue weighted by atomic mass is 15.2. The molecule has 1 unspecified atom stereocenters. The maximum absolute atomic E-state index is 2.53. The fourth-order valence-corrected chi connectivity index (χ4v) is 1.88. The Balaban J connectivity index is 2.33. The first-order chi connectivity index (χ1) is 4.75. The van der Waals surface area contributed by atoms with Crippen LogP contribution in [0.1, 0.15) is 39.5 Å². The standard InChI is InChI=1S/C9H19N/c1-4-5-9-7-6-8(2)10(9)3/h8-9H,4-7H2,1-3H3/t8-,9?/m1/s1. The highest BCUT2D eigenvalue weighted by Gasteiger charge is 2.25. The second-order valence-corrected chi connectivity index (χ2v) is 3.53. The summed E-state index contributed by atoms with van der Waals surface area (Å²) < 4.78 is 0. The molecule has 60 valence electrons. The molecule has 1 saturated heterocycles. The molecule has 0 spiro atoms. The second-order valence-electron chi connectivity index (χ2n) is 3.53. The Labute approximate surface area is 64.4 Å². The van der Waals surface area contributed by atoms with Gasteiger partial charge in [-0.25, -0.2) is 0 Å². The molecule has 1 heteroatoms. The highest BCUT2D eigenvalue weighted by molar-refractivity contribution is 4.81. The first-order valence-electron chi connectivity index (χ1n) is 4.47. The minimum Gasteiger partial charge on any atom is -0.301 e. The molecule has 0 aromatic rings. The first kappa shape index (κ1) is 8.06. The molecular weight excluding hydrogens is 122 g/mol. The van der Waals surface area contributed by atoms with E-state index in [4.69, 9.17) is 0 Å². The summed E-state index contributed by atoms with van der Waals surface area (Å²) in [7, 11) is 2.26. The van der Waals surface area contributed by atoms with Crippen LogP contribution < -0.4 is 0 Å². The van der Waals surface area contributed by atoms with E-state index in [1.165, 1.54) is 25.7 Å². The smallest absolute Gasteiger partial charge is 0.00955 e. The quantitative estimate of drug-likeness (QED) is 0.570. The highest BCUT2D eigenvalue weighted by Crippen LogP contribution is 2.24. The molecule has 1 aliphatic heterocycles. The molecule has 10 heavy (non-hydrogen) atoms. The number of likely N-dealkylation sites (tertiary alicyclic amines) is 1. The van der Waals surface area contributed by atoms with Crippen LogP contribution in [0.4, 0.5) is 0 Å². The van der Waals surface area contributed by atoms with Crippen molar-refractivity contribution >= 4 is 0 Å². The Bertz CT molecular complexity index is 98.9. The van der Waals surface area contributed by atoms with E-state index < -0.39 is 0 Å². The summed E-state index contributed by atoms with van der Waals surface area (Å²) in [6.45, 7) is 4.60. The second kappa shape index (κ2) is 3.38. The van der Waals surface area contributed by atoms with Crippen molar-refractivity contribution in [2.45, 2.75) is 51.6 Å². The first-order valence-corrected chi connectivity index (χ1v) is 4.47. The fourth-order valence-electron chi connectivity index (χ4n) is 1.88. The summed E-state index contributed by atoms with van der Waals surface area (Å²) >= 11 is 0. The minimum atomic E-state index is 0.830. The SMILES string of the molecule is CCCC1CC[C@@H](C)N1C. The van der Waals surface area contributed by atoms with Crippen LogP contribution in [0.3, 0.4) is 0 Å². The molecule has 1 nitrogen and oxygen atoms in total. The lowest BCUT2D eigenvalue weighted by atomic mass is 10.1. The van der Waals surface area contributed by atoms with Crippen molar-refractivity contribution in [3.8, 4) is 0 Å². The molecule has 0 aromatic carbocycles. The lowest BCUT2D eigenvalue weighted by Gasteiger charge is -2.22. The Morgan fingerprint density at radius 3 is 2.50 bits per heavy atom. The molecule has 0 N–H and O–H groups in total. The van der Waals surface area contributed by atoms with Gasteiger partial charge in [-0.3, -0.25) is 0 Å². The van der Waals surface area contributed by atoms with E-state index in [9.17, 15) is 0 Å². The van der Waals surface area contributed by atoms with Crippen LogP contribution in [0.2, 0.25) is 0 Å². The van der Waals surface area contributed by atoms with E-state index in [0.29, 0.717) is 0 Å². The molecule has 0 aromatic heterocycles. The van der Waals surface area contributed by atoms with Crippen LogP contribution in [0, 0.1) is 0 Å². The lowest BCUT2D eigenvalue weighted by molar-refractivity contribution is 0.242. The Hall–Kier alpha value is -0.0400. The van der Waals surface area contributed by atoms with Crippen molar-refractivity contribution in [1.29, 1.82) is 0 Å². The zero-order valence-electron chi connectivity index (χ0n) is 7.43. The number of rotatable bonds is 2. The van der Waals surface area contributed by atoms with Crippen molar-refractivity contribution in [2.24, 2.45) is 0 Å². The zero-order valence-corrected chi connectivity index (χ0v) is 7.43. The third-order valence-corrected chi connectivity index (χ3v) is 2.81. The van der Waals surface area contributed by atoms with Crippen molar-refractivity contribution in [3.63, 3.8) is 0 Å². The summed E-state index contributed by atoms with van der Waals surface area (Å²) in [5, 5.41) is 0. The van der Waals surface area contributed by atoms with Gasteiger partial charge in [-0.05, 0) is 33.2 Å². The van der Waals surface area contributed by atoms with E-state index >= 15 is 0 Å². The van der Waals surface area contributed by atoms with Gasteiger partial charge in [0.15, 0.2) is 0 Å². The molecule has 2 atom stereocenters. The van der Waals surface area contributed by atoms with Crippen LogP contribution in [-0.2, 0) is 0 Å². The summed E-state index contributed by atoms with van der Waals surface area (Å²) in [5.74, 6) is 0. The molecule has 0 radical (unpaired) electrons. The van der Waals surface area contributed by atoms with Crippen molar-refractivity contribution < 1.29 is 0 Å². The lowest BCUT2D eigenvalue weighted by Crippen LogP contribution is -2.29. The molecule has 1 aliphatic rings. The monoisotopic (exact) mass is 141 g/mol. The molecule has 0 bridgehead atoms. The summed E-state index contributed by atoms with van der Waals surface area (Å²) in [4.78, 5) is 2.53. The minimum absolute atomic E-state index is 0.830. The summed E-state index contributed by atoms with van der Waals surface area (Å²) in [5.41, 5.74) is 0. The molecule has 1 fully saturated rings. The predicted molar refractivity (Wildman–Crippen MR) is 45.2 cm³/mol. The maximum Gasteiger partial charge on any atom is 0.00955 e. The van der Waals surface area contributed by atoms with Crippen molar-refractivity contribution in [3.05, 3.63) is 0 Å².